The lowest BCUT2D eigenvalue weighted by molar-refractivity contribution is 0.0783. The zero-order valence-electron chi connectivity index (χ0n) is 15.1. The minimum atomic E-state index is 0.150. The van der Waals surface area contributed by atoms with Gasteiger partial charge in [-0.1, -0.05) is 13.0 Å². The molecular weight excluding hydrogens is 312 g/mol. The molecule has 3 rings (SSSR count). The lowest BCUT2D eigenvalue weighted by Gasteiger charge is -2.22. The second kappa shape index (κ2) is 8.21. The number of carbonyl (C=O) groups excluding carboxylic acids is 1. The first-order valence-electron chi connectivity index (χ1n) is 8.97. The maximum atomic E-state index is 12.8. The third-order valence-electron chi connectivity index (χ3n) is 4.83. The number of hydrogen-bond acceptors (Lipinski definition) is 4. The minimum absolute atomic E-state index is 0.150. The fourth-order valence-electron chi connectivity index (χ4n) is 3.56. The van der Waals surface area contributed by atoms with Crippen LogP contribution in [0.15, 0.2) is 43.0 Å². The van der Waals surface area contributed by atoms with Gasteiger partial charge in [-0.3, -0.25) is 14.8 Å². The first-order chi connectivity index (χ1) is 12.2. The van der Waals surface area contributed by atoms with Crippen LogP contribution in [0.2, 0.25) is 0 Å². The molecule has 0 unspecified atom stereocenters. The Morgan fingerprint density at radius 1 is 1.28 bits per heavy atom. The average molecular weight is 338 g/mol. The molecule has 0 spiro atoms. The van der Waals surface area contributed by atoms with Crippen LogP contribution in [0, 0.1) is 5.92 Å². The lowest BCUT2D eigenvalue weighted by Crippen LogP contribution is -2.32. The molecule has 0 bridgehead atoms. The predicted octanol–water partition coefficient (Wildman–Crippen LogP) is 2.63. The molecule has 1 saturated heterocycles. The van der Waals surface area contributed by atoms with E-state index in [1.807, 2.05) is 29.4 Å². The average Bonchev–Trinajstić information content (AvgIpc) is 3.10. The zero-order chi connectivity index (χ0) is 17.6. The lowest BCUT2D eigenvalue weighted by atomic mass is 10.1. The van der Waals surface area contributed by atoms with Crippen molar-refractivity contribution in [3.8, 4) is 0 Å². The van der Waals surface area contributed by atoms with Crippen LogP contribution in [-0.2, 0) is 13.0 Å². The highest BCUT2D eigenvalue weighted by molar-refractivity contribution is 5.95. The molecule has 1 amide bonds. The number of hydrogen-bond donors (Lipinski definition) is 0. The molecule has 132 valence electrons. The maximum Gasteiger partial charge on any atom is 0.254 e. The van der Waals surface area contributed by atoms with Gasteiger partial charge in [-0.25, -0.2) is 0 Å². The smallest absolute Gasteiger partial charge is 0.254 e. The summed E-state index contributed by atoms with van der Waals surface area (Å²) in [5, 5.41) is 0. The summed E-state index contributed by atoms with van der Waals surface area (Å²) in [7, 11) is 2.13. The van der Waals surface area contributed by atoms with Crippen LogP contribution in [0.4, 0.5) is 0 Å². The SMILES string of the molecule is CCc1cnccc1C(=O)N1CC[C@H](CN(C)Cc2cccnc2)C1. The largest absolute Gasteiger partial charge is 0.338 e. The first kappa shape index (κ1) is 17.5. The van der Waals surface area contributed by atoms with Crippen molar-refractivity contribution in [2.24, 2.45) is 5.92 Å². The second-order valence-corrected chi connectivity index (χ2v) is 6.85. The molecule has 0 N–H and O–H groups in total. The highest BCUT2D eigenvalue weighted by Crippen LogP contribution is 2.21. The van der Waals surface area contributed by atoms with Gasteiger partial charge in [0.2, 0.25) is 0 Å². The topological polar surface area (TPSA) is 49.3 Å². The fourth-order valence-corrected chi connectivity index (χ4v) is 3.56. The normalized spacial score (nSPS) is 17.2. The van der Waals surface area contributed by atoms with E-state index in [1.165, 1.54) is 5.56 Å². The second-order valence-electron chi connectivity index (χ2n) is 6.85. The molecule has 2 aromatic rings. The van der Waals surface area contributed by atoms with E-state index >= 15 is 0 Å². The Balaban J connectivity index is 1.55. The maximum absolute atomic E-state index is 12.8. The van der Waals surface area contributed by atoms with Gasteiger partial charge in [0.15, 0.2) is 0 Å². The van der Waals surface area contributed by atoms with Crippen molar-refractivity contribution < 1.29 is 4.79 Å². The van der Waals surface area contributed by atoms with Crippen LogP contribution in [0.3, 0.4) is 0 Å². The van der Waals surface area contributed by atoms with E-state index in [0.717, 1.165) is 50.1 Å². The number of rotatable bonds is 6. The van der Waals surface area contributed by atoms with E-state index in [4.69, 9.17) is 0 Å². The molecule has 0 aliphatic carbocycles. The van der Waals surface area contributed by atoms with Gasteiger partial charge in [0.05, 0.1) is 0 Å². The quantitative estimate of drug-likeness (QED) is 0.812. The summed E-state index contributed by atoms with van der Waals surface area (Å²) in [5.74, 6) is 0.675. The van der Waals surface area contributed by atoms with Crippen LogP contribution in [0.5, 0.6) is 0 Å². The summed E-state index contributed by atoms with van der Waals surface area (Å²) in [6.07, 6.45) is 9.13. The molecule has 5 heteroatoms. The van der Waals surface area contributed by atoms with Crippen molar-refractivity contribution in [1.29, 1.82) is 0 Å². The molecule has 5 nitrogen and oxygen atoms in total. The van der Waals surface area contributed by atoms with Crippen molar-refractivity contribution in [3.05, 3.63) is 59.7 Å². The number of nitrogens with zero attached hydrogens (tertiary/aromatic N) is 4. The number of likely N-dealkylation sites (tertiary alicyclic amines) is 1. The Bertz CT molecular complexity index is 704. The molecule has 0 saturated carbocycles. The molecule has 2 aromatic heterocycles. The number of amides is 1. The third kappa shape index (κ3) is 4.42. The van der Waals surface area contributed by atoms with Gasteiger partial charge in [0, 0.05) is 56.5 Å². The standard InChI is InChI=1S/C20H26N4O/c1-3-18-12-22-9-6-19(18)20(25)24-10-7-17(15-24)14-23(2)13-16-5-4-8-21-11-16/h4-6,8-9,11-12,17H,3,7,10,13-15H2,1-2H3/t17-/m1/s1. The first-order valence-corrected chi connectivity index (χ1v) is 8.97. The summed E-state index contributed by atoms with van der Waals surface area (Å²) in [5.41, 5.74) is 3.06. The molecule has 1 fully saturated rings. The van der Waals surface area contributed by atoms with Crippen molar-refractivity contribution >= 4 is 5.91 Å². The van der Waals surface area contributed by atoms with E-state index in [9.17, 15) is 4.79 Å². The van der Waals surface area contributed by atoms with Crippen LogP contribution in [0.25, 0.3) is 0 Å². The van der Waals surface area contributed by atoms with Crippen molar-refractivity contribution in [2.75, 3.05) is 26.7 Å². The zero-order valence-corrected chi connectivity index (χ0v) is 15.1. The summed E-state index contributed by atoms with van der Waals surface area (Å²) < 4.78 is 0. The van der Waals surface area contributed by atoms with E-state index in [0.29, 0.717) is 5.92 Å². The Morgan fingerprint density at radius 2 is 2.12 bits per heavy atom. The van der Waals surface area contributed by atoms with Gasteiger partial charge >= 0.3 is 0 Å². The van der Waals surface area contributed by atoms with Gasteiger partial charge in [0.25, 0.3) is 5.91 Å². The monoisotopic (exact) mass is 338 g/mol. The van der Waals surface area contributed by atoms with Crippen molar-refractivity contribution in [1.82, 2.24) is 19.8 Å². The summed E-state index contributed by atoms with van der Waals surface area (Å²) >= 11 is 0. The highest BCUT2D eigenvalue weighted by atomic mass is 16.2. The van der Waals surface area contributed by atoms with Gasteiger partial charge in [0.1, 0.15) is 0 Å². The third-order valence-corrected chi connectivity index (χ3v) is 4.83. The van der Waals surface area contributed by atoms with E-state index in [-0.39, 0.29) is 5.91 Å². The van der Waals surface area contributed by atoms with Gasteiger partial charge in [-0.2, -0.15) is 0 Å². The summed E-state index contributed by atoms with van der Waals surface area (Å²) in [6, 6.07) is 5.92. The van der Waals surface area contributed by atoms with Crippen LogP contribution in [-0.4, -0.2) is 52.4 Å². The number of aromatic nitrogens is 2. The Kier molecular flexibility index (Phi) is 5.76. The molecular formula is C20H26N4O. The van der Waals surface area contributed by atoms with Gasteiger partial charge in [-0.15, -0.1) is 0 Å². The van der Waals surface area contributed by atoms with E-state index in [2.05, 4.69) is 34.9 Å². The summed E-state index contributed by atoms with van der Waals surface area (Å²) in [6.45, 7) is 5.63. The number of aryl methyl sites for hydroxylation is 1. The Labute approximate surface area is 149 Å². The Hall–Kier alpha value is -2.27. The van der Waals surface area contributed by atoms with Crippen molar-refractivity contribution in [2.45, 2.75) is 26.3 Å². The molecule has 3 heterocycles. The number of pyridine rings is 2. The van der Waals surface area contributed by atoms with Gasteiger partial charge < -0.3 is 9.80 Å². The molecule has 1 aliphatic heterocycles. The summed E-state index contributed by atoms with van der Waals surface area (Å²) in [4.78, 5) is 25.4. The Morgan fingerprint density at radius 3 is 2.88 bits per heavy atom. The minimum Gasteiger partial charge on any atom is -0.338 e. The molecule has 0 radical (unpaired) electrons. The molecule has 1 atom stereocenters. The fraction of sp³-hybridized carbons (Fsp3) is 0.450. The number of carbonyl (C=O) groups is 1. The van der Waals surface area contributed by atoms with Crippen LogP contribution in [0.1, 0.15) is 34.8 Å². The molecule has 25 heavy (non-hydrogen) atoms. The highest BCUT2D eigenvalue weighted by Gasteiger charge is 2.28. The van der Waals surface area contributed by atoms with E-state index in [1.54, 1.807) is 12.4 Å². The van der Waals surface area contributed by atoms with Crippen molar-refractivity contribution in [3.63, 3.8) is 0 Å². The molecule has 1 aliphatic rings. The van der Waals surface area contributed by atoms with Gasteiger partial charge in [-0.05, 0) is 49.1 Å². The molecule has 0 aromatic carbocycles. The van der Waals surface area contributed by atoms with E-state index < -0.39 is 0 Å². The van der Waals surface area contributed by atoms with Crippen LogP contribution < -0.4 is 0 Å². The van der Waals surface area contributed by atoms with Crippen LogP contribution >= 0.6 is 0 Å². The predicted molar refractivity (Wildman–Crippen MR) is 98.2 cm³/mol.